The molecule has 0 aromatic heterocycles. The van der Waals surface area contributed by atoms with Crippen LogP contribution in [0.1, 0.15) is 0 Å². The fourth-order valence-corrected chi connectivity index (χ4v) is 1.56. The van der Waals surface area contributed by atoms with Gasteiger partial charge < -0.3 is 11.1 Å². The van der Waals surface area contributed by atoms with Gasteiger partial charge in [-0.3, -0.25) is 4.79 Å². The maximum atomic E-state index is 12.3. The zero-order valence-corrected chi connectivity index (χ0v) is 10.2. The smallest absolute Gasteiger partial charge is 0.399 e. The standard InChI is InChI=1S/C10H7ClF6N2O/c11-5-3-4(18)1-2-6(5)19-8(20)7(9(12,13)14)10(15,16)17/h1-3,7H,18H2,(H,19,20). The first-order chi connectivity index (χ1) is 8.93. The van der Waals surface area contributed by atoms with Crippen molar-refractivity contribution in [2.45, 2.75) is 12.4 Å². The first kappa shape index (κ1) is 16.4. The van der Waals surface area contributed by atoms with Crippen LogP contribution < -0.4 is 11.1 Å². The second-order valence-electron chi connectivity index (χ2n) is 3.74. The quantitative estimate of drug-likeness (QED) is 0.646. The zero-order valence-electron chi connectivity index (χ0n) is 9.44. The lowest BCUT2D eigenvalue weighted by atomic mass is 10.1. The monoisotopic (exact) mass is 320 g/mol. The number of alkyl halides is 6. The van der Waals surface area contributed by atoms with Crippen molar-refractivity contribution < 1.29 is 31.1 Å². The minimum atomic E-state index is -5.76. The summed E-state index contributed by atoms with van der Waals surface area (Å²) >= 11 is 5.55. The molecule has 1 amide bonds. The number of nitrogen functional groups attached to an aromatic ring is 1. The van der Waals surface area contributed by atoms with Crippen LogP contribution in [0.4, 0.5) is 37.7 Å². The van der Waals surface area contributed by atoms with Gasteiger partial charge in [-0.05, 0) is 18.2 Å². The topological polar surface area (TPSA) is 55.1 Å². The Labute approximate surface area is 113 Å². The van der Waals surface area contributed by atoms with Gasteiger partial charge in [0, 0.05) is 5.69 Å². The van der Waals surface area contributed by atoms with Gasteiger partial charge in [0.2, 0.25) is 11.8 Å². The van der Waals surface area contributed by atoms with Gasteiger partial charge in [0.1, 0.15) is 0 Å². The molecular formula is C10H7ClF6N2O. The van der Waals surface area contributed by atoms with Crippen LogP contribution in [0.2, 0.25) is 5.02 Å². The third-order valence-corrected chi connectivity index (χ3v) is 2.48. The van der Waals surface area contributed by atoms with Crippen molar-refractivity contribution in [2.24, 2.45) is 5.92 Å². The molecule has 3 nitrogen and oxygen atoms in total. The molecule has 10 heteroatoms. The third-order valence-electron chi connectivity index (χ3n) is 2.17. The molecule has 0 radical (unpaired) electrons. The molecule has 0 aliphatic carbocycles. The largest absolute Gasteiger partial charge is 0.409 e. The van der Waals surface area contributed by atoms with E-state index in [0.717, 1.165) is 18.2 Å². The zero-order chi connectivity index (χ0) is 15.7. The average molecular weight is 321 g/mol. The van der Waals surface area contributed by atoms with Gasteiger partial charge in [-0.15, -0.1) is 0 Å². The van der Waals surface area contributed by atoms with Gasteiger partial charge in [0.25, 0.3) is 0 Å². The summed E-state index contributed by atoms with van der Waals surface area (Å²) in [5.41, 5.74) is 5.04. The van der Waals surface area contributed by atoms with E-state index < -0.39 is 29.9 Å². The van der Waals surface area contributed by atoms with Crippen molar-refractivity contribution >= 4 is 28.9 Å². The Balaban J connectivity index is 3.04. The second-order valence-corrected chi connectivity index (χ2v) is 4.15. The van der Waals surface area contributed by atoms with Crippen LogP contribution in [0.5, 0.6) is 0 Å². The van der Waals surface area contributed by atoms with Crippen LogP contribution in [-0.4, -0.2) is 18.3 Å². The molecule has 0 aliphatic heterocycles. The summed E-state index contributed by atoms with van der Waals surface area (Å²) in [6.07, 6.45) is -11.5. The van der Waals surface area contributed by atoms with E-state index in [1.807, 2.05) is 0 Å². The molecule has 20 heavy (non-hydrogen) atoms. The van der Waals surface area contributed by atoms with Crippen molar-refractivity contribution in [3.05, 3.63) is 23.2 Å². The number of anilines is 2. The van der Waals surface area contributed by atoms with Crippen LogP contribution in [-0.2, 0) is 4.79 Å². The lowest BCUT2D eigenvalue weighted by Gasteiger charge is -2.22. The molecule has 112 valence electrons. The molecule has 0 unspecified atom stereocenters. The van der Waals surface area contributed by atoms with Crippen LogP contribution in [0.15, 0.2) is 18.2 Å². The minimum Gasteiger partial charge on any atom is -0.399 e. The highest BCUT2D eigenvalue weighted by atomic mass is 35.5. The van der Waals surface area contributed by atoms with E-state index in [0.29, 0.717) is 0 Å². The molecule has 0 saturated carbocycles. The average Bonchev–Trinajstić information content (AvgIpc) is 2.17. The normalized spacial score (nSPS) is 12.6. The van der Waals surface area contributed by atoms with E-state index >= 15 is 0 Å². The van der Waals surface area contributed by atoms with Crippen molar-refractivity contribution in [1.82, 2.24) is 0 Å². The highest BCUT2D eigenvalue weighted by Crippen LogP contribution is 2.40. The van der Waals surface area contributed by atoms with E-state index in [9.17, 15) is 31.1 Å². The molecule has 0 bridgehead atoms. The van der Waals surface area contributed by atoms with Crippen LogP contribution in [0, 0.1) is 5.92 Å². The highest BCUT2D eigenvalue weighted by Gasteiger charge is 2.61. The van der Waals surface area contributed by atoms with Crippen molar-refractivity contribution in [2.75, 3.05) is 11.1 Å². The van der Waals surface area contributed by atoms with Crippen LogP contribution in [0.25, 0.3) is 0 Å². The van der Waals surface area contributed by atoms with Crippen molar-refractivity contribution in [3.8, 4) is 0 Å². The first-order valence-electron chi connectivity index (χ1n) is 4.92. The van der Waals surface area contributed by atoms with Crippen LogP contribution >= 0.6 is 11.6 Å². The molecule has 1 aromatic rings. The number of hydrogen-bond acceptors (Lipinski definition) is 2. The number of carbonyl (C=O) groups is 1. The SMILES string of the molecule is Nc1ccc(NC(=O)C(C(F)(F)F)C(F)(F)F)c(Cl)c1. The fraction of sp³-hybridized carbons (Fsp3) is 0.300. The molecular weight excluding hydrogens is 314 g/mol. The Morgan fingerprint density at radius 2 is 1.65 bits per heavy atom. The molecule has 0 spiro atoms. The molecule has 0 heterocycles. The number of amides is 1. The molecule has 1 rings (SSSR count). The Kier molecular flexibility index (Phi) is 4.42. The summed E-state index contributed by atoms with van der Waals surface area (Å²) in [5.74, 6) is -6.40. The summed E-state index contributed by atoms with van der Waals surface area (Å²) < 4.78 is 73.8. The van der Waals surface area contributed by atoms with Gasteiger partial charge >= 0.3 is 12.4 Å². The molecule has 0 saturated heterocycles. The summed E-state index contributed by atoms with van der Waals surface area (Å²) in [5, 5.41) is 1.21. The Morgan fingerprint density at radius 1 is 1.15 bits per heavy atom. The molecule has 0 fully saturated rings. The third kappa shape index (κ3) is 3.92. The van der Waals surface area contributed by atoms with Gasteiger partial charge in [0.15, 0.2) is 0 Å². The number of halogens is 7. The number of nitrogens with one attached hydrogen (secondary N) is 1. The van der Waals surface area contributed by atoms with Crippen LogP contribution in [0.3, 0.4) is 0 Å². The van der Waals surface area contributed by atoms with E-state index in [1.165, 1.54) is 5.32 Å². The Morgan fingerprint density at radius 3 is 2.05 bits per heavy atom. The van der Waals surface area contributed by atoms with E-state index in [4.69, 9.17) is 17.3 Å². The van der Waals surface area contributed by atoms with Crippen molar-refractivity contribution in [3.63, 3.8) is 0 Å². The Hall–Kier alpha value is -1.64. The number of rotatable bonds is 2. The van der Waals surface area contributed by atoms with E-state index in [-0.39, 0.29) is 10.7 Å². The fourth-order valence-electron chi connectivity index (χ4n) is 1.32. The Bertz CT molecular complexity index is 499. The summed E-state index contributed by atoms with van der Waals surface area (Å²) in [6, 6.07) is 3.24. The van der Waals surface area contributed by atoms with Crippen molar-refractivity contribution in [1.29, 1.82) is 0 Å². The van der Waals surface area contributed by atoms with E-state index in [1.54, 1.807) is 0 Å². The van der Waals surface area contributed by atoms with Gasteiger partial charge in [0.05, 0.1) is 10.7 Å². The summed E-state index contributed by atoms with van der Waals surface area (Å²) in [4.78, 5) is 11.2. The highest BCUT2D eigenvalue weighted by molar-refractivity contribution is 6.34. The number of nitrogens with two attached hydrogens (primary N) is 1. The number of benzene rings is 1. The summed E-state index contributed by atoms with van der Waals surface area (Å²) in [6.45, 7) is 0. The second kappa shape index (κ2) is 5.39. The summed E-state index contributed by atoms with van der Waals surface area (Å²) in [7, 11) is 0. The maximum absolute atomic E-state index is 12.3. The van der Waals surface area contributed by atoms with Gasteiger partial charge in [-0.25, -0.2) is 0 Å². The molecule has 1 aromatic carbocycles. The van der Waals surface area contributed by atoms with Gasteiger partial charge in [-0.1, -0.05) is 11.6 Å². The first-order valence-corrected chi connectivity index (χ1v) is 5.30. The lowest BCUT2D eigenvalue weighted by molar-refractivity contribution is -0.272. The van der Waals surface area contributed by atoms with Gasteiger partial charge in [-0.2, -0.15) is 26.3 Å². The molecule has 0 atom stereocenters. The predicted octanol–water partition coefficient (Wildman–Crippen LogP) is 3.60. The minimum absolute atomic E-state index is 0.135. The number of carbonyl (C=O) groups excluding carboxylic acids is 1. The lowest BCUT2D eigenvalue weighted by Crippen LogP contribution is -2.45. The van der Waals surface area contributed by atoms with E-state index in [2.05, 4.69) is 0 Å². The number of hydrogen-bond donors (Lipinski definition) is 2. The molecule has 3 N–H and O–H groups in total. The maximum Gasteiger partial charge on any atom is 0.409 e. The molecule has 0 aliphatic rings. The predicted molar refractivity (Wildman–Crippen MR) is 60.1 cm³/mol.